The minimum atomic E-state index is -4.51. The van der Waals surface area contributed by atoms with Crippen molar-refractivity contribution in [3.63, 3.8) is 0 Å². The summed E-state index contributed by atoms with van der Waals surface area (Å²) in [6.45, 7) is 5.55. The van der Waals surface area contributed by atoms with Crippen LogP contribution in [0.3, 0.4) is 0 Å². The van der Waals surface area contributed by atoms with Crippen molar-refractivity contribution in [1.29, 1.82) is 0 Å². The number of rotatable bonds is 7. The molecule has 210 valence electrons. The molecule has 3 aromatic heterocycles. The molecule has 0 spiro atoms. The molecule has 0 radical (unpaired) electrons. The topological polar surface area (TPSA) is 126 Å². The van der Waals surface area contributed by atoms with E-state index in [-0.39, 0.29) is 22.8 Å². The fraction of sp³-hybridized carbons (Fsp3) is 0.385. The predicted octanol–water partition coefficient (Wildman–Crippen LogP) is 4.49. The molecule has 14 heteroatoms. The van der Waals surface area contributed by atoms with E-state index in [0.29, 0.717) is 54.2 Å². The lowest BCUT2D eigenvalue weighted by atomic mass is 9.97. The highest BCUT2D eigenvalue weighted by molar-refractivity contribution is 8.18. The molecule has 0 aliphatic carbocycles. The molecule has 2 aliphatic rings. The highest BCUT2D eigenvalue weighted by Crippen LogP contribution is 2.34. The minimum absolute atomic E-state index is 0.188. The molecule has 0 atom stereocenters. The molecule has 5 rings (SSSR count). The van der Waals surface area contributed by atoms with Gasteiger partial charge in [-0.3, -0.25) is 19.9 Å². The Morgan fingerprint density at radius 1 is 1.20 bits per heavy atom. The molecule has 2 N–H and O–H groups in total. The molecule has 40 heavy (non-hydrogen) atoms. The number of carbonyl (C=O) groups excluding carboxylic acids is 2. The summed E-state index contributed by atoms with van der Waals surface area (Å²) in [7, 11) is 0. The summed E-state index contributed by atoms with van der Waals surface area (Å²) in [4.78, 5) is 38.9. The first kappa shape index (κ1) is 27.8. The molecule has 2 fully saturated rings. The van der Waals surface area contributed by atoms with Gasteiger partial charge in [0.15, 0.2) is 0 Å². The van der Waals surface area contributed by atoms with Crippen molar-refractivity contribution in [3.05, 3.63) is 57.7 Å². The Hall–Kier alpha value is -3.78. The number of imide groups is 1. The number of alkyl halides is 3. The molecule has 0 unspecified atom stereocenters. The standard InChI is InChI=1S/C26H26F3N7O3S/c1-14-22(15(2)39-35-14)20-10-17(26(27,28)29)9-19(32-20)13-30-12-16-4-7-36(8-5-16)24-31-6-3-18(33-24)11-21-23(37)34-25(38)40-21/h3,6,9-11,16,30H,4-5,7-8,12-13H2,1-2H3,(H,34,37,38)/b21-11-. The monoisotopic (exact) mass is 573 g/mol. The maximum Gasteiger partial charge on any atom is 0.416 e. The van der Waals surface area contributed by atoms with Gasteiger partial charge in [0.25, 0.3) is 11.1 Å². The van der Waals surface area contributed by atoms with Crippen LogP contribution in [0.15, 0.2) is 33.8 Å². The van der Waals surface area contributed by atoms with Gasteiger partial charge in [0.05, 0.1) is 38.8 Å². The number of hydrogen-bond donors (Lipinski definition) is 2. The number of nitrogens with zero attached hydrogens (tertiary/aromatic N) is 5. The number of piperidine rings is 1. The van der Waals surface area contributed by atoms with Gasteiger partial charge in [-0.25, -0.2) is 9.97 Å². The van der Waals surface area contributed by atoms with Crippen molar-refractivity contribution in [2.75, 3.05) is 24.5 Å². The molecule has 2 aliphatic heterocycles. The third-order valence-electron chi connectivity index (χ3n) is 6.72. The number of aromatic nitrogens is 4. The second-order valence-corrected chi connectivity index (χ2v) is 10.6. The molecule has 0 saturated carbocycles. The molecule has 0 bridgehead atoms. The highest BCUT2D eigenvalue weighted by atomic mass is 32.2. The van der Waals surface area contributed by atoms with Crippen LogP contribution in [0.25, 0.3) is 17.3 Å². The summed E-state index contributed by atoms with van der Waals surface area (Å²) in [6.07, 6.45) is 0.351. The van der Waals surface area contributed by atoms with Crippen LogP contribution in [0.5, 0.6) is 0 Å². The summed E-state index contributed by atoms with van der Waals surface area (Å²) in [5, 5.41) is 8.92. The quantitative estimate of drug-likeness (QED) is 0.391. The summed E-state index contributed by atoms with van der Waals surface area (Å²) in [5.74, 6) is 0.831. The third kappa shape index (κ3) is 6.33. The zero-order valence-electron chi connectivity index (χ0n) is 21.7. The fourth-order valence-electron chi connectivity index (χ4n) is 4.71. The summed E-state index contributed by atoms with van der Waals surface area (Å²) >= 11 is 0.833. The Balaban J connectivity index is 1.18. The second kappa shape index (κ2) is 11.4. The van der Waals surface area contributed by atoms with Crippen LogP contribution < -0.4 is 15.5 Å². The van der Waals surface area contributed by atoms with Crippen LogP contribution in [-0.4, -0.2) is 50.9 Å². The van der Waals surface area contributed by atoms with Gasteiger partial charge in [0, 0.05) is 25.8 Å². The van der Waals surface area contributed by atoms with Crippen molar-refractivity contribution in [1.82, 2.24) is 30.7 Å². The van der Waals surface area contributed by atoms with Crippen LogP contribution in [0.2, 0.25) is 0 Å². The number of halogens is 3. The van der Waals surface area contributed by atoms with Gasteiger partial charge in [-0.05, 0) is 75.2 Å². The van der Waals surface area contributed by atoms with Crippen LogP contribution in [0.4, 0.5) is 23.9 Å². The number of thioether (sulfide) groups is 1. The first-order valence-corrected chi connectivity index (χ1v) is 13.4. The zero-order valence-corrected chi connectivity index (χ0v) is 22.5. The van der Waals surface area contributed by atoms with E-state index in [0.717, 1.165) is 36.7 Å². The van der Waals surface area contributed by atoms with E-state index in [1.54, 1.807) is 32.2 Å². The molecule has 0 aromatic carbocycles. The zero-order chi connectivity index (χ0) is 28.4. The van der Waals surface area contributed by atoms with E-state index in [1.807, 2.05) is 0 Å². The number of pyridine rings is 1. The fourth-order valence-corrected chi connectivity index (χ4v) is 5.38. The largest absolute Gasteiger partial charge is 0.416 e. The second-order valence-electron chi connectivity index (χ2n) is 9.62. The van der Waals surface area contributed by atoms with Crippen molar-refractivity contribution < 1.29 is 27.3 Å². The number of anilines is 1. The number of carbonyl (C=O) groups is 2. The summed E-state index contributed by atoms with van der Waals surface area (Å²) in [6, 6.07) is 3.77. The van der Waals surface area contributed by atoms with Crippen molar-refractivity contribution in [3.8, 4) is 11.3 Å². The Kier molecular flexibility index (Phi) is 7.90. The van der Waals surface area contributed by atoms with Gasteiger partial charge in [-0.1, -0.05) is 5.16 Å². The lowest BCUT2D eigenvalue weighted by molar-refractivity contribution is -0.137. The summed E-state index contributed by atoms with van der Waals surface area (Å²) < 4.78 is 45.9. The Morgan fingerprint density at radius 3 is 2.62 bits per heavy atom. The van der Waals surface area contributed by atoms with E-state index >= 15 is 0 Å². The van der Waals surface area contributed by atoms with Crippen molar-refractivity contribution in [2.24, 2.45) is 5.92 Å². The van der Waals surface area contributed by atoms with E-state index < -0.39 is 22.9 Å². The van der Waals surface area contributed by atoms with Gasteiger partial charge in [-0.2, -0.15) is 13.2 Å². The lowest BCUT2D eigenvalue weighted by Crippen LogP contribution is -2.38. The van der Waals surface area contributed by atoms with E-state index in [2.05, 4.69) is 35.6 Å². The van der Waals surface area contributed by atoms with Gasteiger partial charge in [-0.15, -0.1) is 0 Å². The number of hydrogen-bond acceptors (Lipinski definition) is 10. The van der Waals surface area contributed by atoms with E-state index in [9.17, 15) is 22.8 Å². The van der Waals surface area contributed by atoms with Crippen molar-refractivity contribution in [2.45, 2.75) is 39.4 Å². The van der Waals surface area contributed by atoms with Gasteiger partial charge in [0.1, 0.15) is 5.76 Å². The van der Waals surface area contributed by atoms with Crippen molar-refractivity contribution >= 4 is 34.9 Å². The Morgan fingerprint density at radius 2 is 1.98 bits per heavy atom. The van der Waals surface area contributed by atoms with E-state index in [1.165, 1.54) is 0 Å². The molecule has 5 heterocycles. The van der Waals surface area contributed by atoms with Gasteiger partial charge < -0.3 is 14.7 Å². The third-order valence-corrected chi connectivity index (χ3v) is 7.53. The van der Waals surface area contributed by atoms with Crippen LogP contribution in [0, 0.1) is 19.8 Å². The maximum atomic E-state index is 13.6. The highest BCUT2D eigenvalue weighted by Gasteiger charge is 2.32. The first-order valence-electron chi connectivity index (χ1n) is 12.6. The average Bonchev–Trinajstić information content (AvgIpc) is 3.42. The SMILES string of the molecule is Cc1noc(C)c1-c1cc(C(F)(F)F)cc(CNCC2CCN(c3nccc(/C=C4\SC(=O)NC4=O)n3)CC2)n1. The number of amides is 2. The molecule has 2 saturated heterocycles. The molecular formula is C26H26F3N7O3S. The van der Waals surface area contributed by atoms with Crippen LogP contribution in [0.1, 0.15) is 41.2 Å². The van der Waals surface area contributed by atoms with Crippen LogP contribution in [-0.2, 0) is 17.5 Å². The Labute approximate surface area is 231 Å². The van der Waals surface area contributed by atoms with Crippen LogP contribution >= 0.6 is 11.8 Å². The Bertz CT molecular complexity index is 1450. The minimum Gasteiger partial charge on any atom is -0.361 e. The first-order chi connectivity index (χ1) is 19.1. The summed E-state index contributed by atoms with van der Waals surface area (Å²) in [5.41, 5.74) is 1.20. The normalized spacial score (nSPS) is 17.6. The molecule has 3 aromatic rings. The maximum absolute atomic E-state index is 13.6. The van der Waals surface area contributed by atoms with E-state index in [4.69, 9.17) is 4.52 Å². The lowest BCUT2D eigenvalue weighted by Gasteiger charge is -2.32. The predicted molar refractivity (Wildman–Crippen MR) is 142 cm³/mol. The molecular weight excluding hydrogens is 547 g/mol. The number of nitrogens with one attached hydrogen (secondary N) is 2. The van der Waals surface area contributed by atoms with Gasteiger partial charge >= 0.3 is 6.18 Å². The van der Waals surface area contributed by atoms with Gasteiger partial charge in [0.2, 0.25) is 5.95 Å². The molecule has 10 nitrogen and oxygen atoms in total. The molecule has 2 amide bonds. The smallest absolute Gasteiger partial charge is 0.361 e. The number of aryl methyl sites for hydroxylation is 2. The average molecular weight is 574 g/mol.